The fourth-order valence-corrected chi connectivity index (χ4v) is 3.95. The summed E-state index contributed by atoms with van der Waals surface area (Å²) >= 11 is 0. The summed E-state index contributed by atoms with van der Waals surface area (Å²) in [5, 5.41) is 3.42. The average molecular weight is 452 g/mol. The van der Waals surface area contributed by atoms with Crippen LogP contribution in [0.1, 0.15) is 75.6 Å². The zero-order valence-corrected chi connectivity index (χ0v) is 22.0. The molecule has 33 heavy (non-hydrogen) atoms. The Kier molecular flexibility index (Phi) is 9.96. The lowest BCUT2D eigenvalue weighted by atomic mass is 9.93. The van der Waals surface area contributed by atoms with Crippen molar-refractivity contribution in [3.63, 3.8) is 0 Å². The lowest BCUT2D eigenvalue weighted by Gasteiger charge is -2.25. The Hall–Kier alpha value is -2.34. The number of nitrogens with zero attached hydrogens (tertiary/aromatic N) is 2. The van der Waals surface area contributed by atoms with Crippen LogP contribution in [0.2, 0.25) is 0 Å². The van der Waals surface area contributed by atoms with Crippen LogP contribution in [0.4, 0.5) is 11.4 Å². The van der Waals surface area contributed by atoms with E-state index in [0.29, 0.717) is 11.8 Å². The Morgan fingerprint density at radius 3 is 1.48 bits per heavy atom. The van der Waals surface area contributed by atoms with Gasteiger partial charge in [-0.2, -0.15) is 0 Å². The number of ether oxygens (including phenoxy) is 2. The van der Waals surface area contributed by atoms with Crippen molar-refractivity contribution in [2.45, 2.75) is 79.7 Å². The molecule has 0 amide bonds. The third-order valence-electron chi connectivity index (χ3n) is 5.89. The fourth-order valence-electron chi connectivity index (χ4n) is 3.95. The zero-order chi connectivity index (χ0) is 24.7. The van der Waals surface area contributed by atoms with Gasteiger partial charge >= 0.3 is 0 Å². The molecule has 2 aromatic rings. The van der Waals surface area contributed by atoms with E-state index < -0.39 is 12.5 Å². The summed E-state index contributed by atoms with van der Waals surface area (Å²) in [6.07, 6.45) is -0.831. The Balaban J connectivity index is 2.38. The van der Waals surface area contributed by atoms with Gasteiger partial charge in [0.1, 0.15) is 12.5 Å². The molecule has 0 aliphatic carbocycles. The van der Waals surface area contributed by atoms with Gasteiger partial charge in [0.15, 0.2) is 0 Å². The van der Waals surface area contributed by atoms with Crippen LogP contribution < -0.4 is 5.32 Å². The van der Waals surface area contributed by atoms with Gasteiger partial charge in [0.2, 0.25) is 0 Å². The van der Waals surface area contributed by atoms with Crippen LogP contribution in [0, 0.1) is 13.8 Å². The largest absolute Gasteiger partial charge is 0.361 e. The standard InChI is InChI=1S/C28H41N3O2/c1-17(2)23-15-12-16-24(18(3)4)26(23)30-22(8)28(33-10)31-27(32-9)21(7)29-25-19(5)13-11-14-20(25)6/h11-18,27-28,31H,1-10H3. The highest BCUT2D eigenvalue weighted by Crippen LogP contribution is 2.35. The molecule has 0 heterocycles. The molecule has 180 valence electrons. The minimum Gasteiger partial charge on any atom is -0.361 e. The maximum absolute atomic E-state index is 5.79. The van der Waals surface area contributed by atoms with Crippen molar-refractivity contribution in [3.8, 4) is 0 Å². The summed E-state index contributed by atoms with van der Waals surface area (Å²) in [5.41, 5.74) is 8.44. The molecule has 2 unspecified atom stereocenters. The van der Waals surface area contributed by atoms with Gasteiger partial charge in [-0.15, -0.1) is 0 Å². The molecule has 1 N–H and O–H groups in total. The summed E-state index contributed by atoms with van der Waals surface area (Å²) in [5.74, 6) is 0.755. The van der Waals surface area contributed by atoms with Gasteiger partial charge in [-0.1, -0.05) is 64.1 Å². The molecule has 0 bridgehead atoms. The minimum atomic E-state index is -0.418. The highest BCUT2D eigenvalue weighted by Gasteiger charge is 2.21. The van der Waals surface area contributed by atoms with E-state index in [-0.39, 0.29) is 0 Å². The molecule has 0 saturated heterocycles. The van der Waals surface area contributed by atoms with E-state index in [0.717, 1.165) is 33.9 Å². The molecular formula is C28H41N3O2. The second-order valence-electron chi connectivity index (χ2n) is 9.24. The second-order valence-corrected chi connectivity index (χ2v) is 9.24. The Labute approximate surface area is 200 Å². The predicted molar refractivity (Wildman–Crippen MR) is 141 cm³/mol. The Bertz CT molecular complexity index is 946. The van der Waals surface area contributed by atoms with Gasteiger partial charge in [0.05, 0.1) is 22.8 Å². The Morgan fingerprint density at radius 1 is 0.697 bits per heavy atom. The normalized spacial score (nSPS) is 14.8. The van der Waals surface area contributed by atoms with Gasteiger partial charge in [-0.05, 0) is 61.8 Å². The van der Waals surface area contributed by atoms with Gasteiger partial charge in [-0.3, -0.25) is 15.3 Å². The van der Waals surface area contributed by atoms with Crippen LogP contribution in [-0.4, -0.2) is 38.1 Å². The number of hydrogen-bond donors (Lipinski definition) is 1. The van der Waals surface area contributed by atoms with Gasteiger partial charge in [0, 0.05) is 14.2 Å². The third-order valence-corrected chi connectivity index (χ3v) is 5.89. The van der Waals surface area contributed by atoms with Crippen molar-refractivity contribution in [1.82, 2.24) is 5.32 Å². The van der Waals surface area contributed by atoms with Crippen molar-refractivity contribution in [2.75, 3.05) is 14.2 Å². The average Bonchev–Trinajstić information content (AvgIpc) is 2.76. The lowest BCUT2D eigenvalue weighted by molar-refractivity contribution is 0.0517. The Morgan fingerprint density at radius 2 is 1.09 bits per heavy atom. The molecule has 0 aliphatic rings. The number of aryl methyl sites for hydroxylation is 2. The highest BCUT2D eigenvalue weighted by atomic mass is 16.5. The van der Waals surface area contributed by atoms with Crippen LogP contribution in [0.3, 0.4) is 0 Å². The van der Waals surface area contributed by atoms with Crippen molar-refractivity contribution < 1.29 is 9.47 Å². The highest BCUT2D eigenvalue weighted by molar-refractivity contribution is 5.92. The predicted octanol–water partition coefficient (Wildman–Crippen LogP) is 6.97. The zero-order valence-electron chi connectivity index (χ0n) is 22.0. The third kappa shape index (κ3) is 6.83. The van der Waals surface area contributed by atoms with Crippen molar-refractivity contribution in [3.05, 3.63) is 58.7 Å². The summed E-state index contributed by atoms with van der Waals surface area (Å²) in [7, 11) is 3.35. The van der Waals surface area contributed by atoms with E-state index >= 15 is 0 Å². The lowest BCUT2D eigenvalue weighted by Crippen LogP contribution is -2.47. The molecular weight excluding hydrogens is 410 g/mol. The maximum Gasteiger partial charge on any atom is 0.149 e. The number of hydrogen-bond acceptors (Lipinski definition) is 5. The number of nitrogens with one attached hydrogen (secondary N) is 1. The van der Waals surface area contributed by atoms with Crippen molar-refractivity contribution in [2.24, 2.45) is 9.98 Å². The molecule has 0 saturated carbocycles. The summed E-state index contributed by atoms with van der Waals surface area (Å²) in [6.45, 7) is 16.9. The number of methoxy groups -OCH3 is 2. The van der Waals surface area contributed by atoms with Gasteiger partial charge in [-0.25, -0.2) is 0 Å². The van der Waals surface area contributed by atoms with Gasteiger partial charge < -0.3 is 9.47 Å². The van der Waals surface area contributed by atoms with E-state index in [2.05, 4.69) is 77.2 Å². The molecule has 0 radical (unpaired) electrons. The number of para-hydroxylation sites is 2. The molecule has 0 spiro atoms. The smallest absolute Gasteiger partial charge is 0.149 e. The second kappa shape index (κ2) is 12.2. The quantitative estimate of drug-likeness (QED) is 0.313. The molecule has 2 aromatic carbocycles. The molecule has 5 heteroatoms. The molecule has 5 nitrogen and oxygen atoms in total. The topological polar surface area (TPSA) is 55.2 Å². The first-order valence-corrected chi connectivity index (χ1v) is 11.7. The number of aliphatic imine (C=N–C) groups is 2. The van der Waals surface area contributed by atoms with Crippen molar-refractivity contribution >= 4 is 22.8 Å². The molecule has 2 rings (SSSR count). The number of rotatable bonds is 10. The fraction of sp³-hybridized carbons (Fsp3) is 0.500. The first kappa shape index (κ1) is 26.9. The van der Waals surface area contributed by atoms with E-state index in [4.69, 9.17) is 19.5 Å². The maximum atomic E-state index is 5.79. The molecule has 0 aliphatic heterocycles. The first-order chi connectivity index (χ1) is 15.6. The van der Waals surface area contributed by atoms with Crippen LogP contribution in [0.25, 0.3) is 0 Å². The van der Waals surface area contributed by atoms with Crippen molar-refractivity contribution in [1.29, 1.82) is 0 Å². The monoisotopic (exact) mass is 451 g/mol. The first-order valence-electron chi connectivity index (χ1n) is 11.7. The van der Waals surface area contributed by atoms with E-state index in [1.807, 2.05) is 19.9 Å². The molecule has 2 atom stereocenters. The summed E-state index contributed by atoms with van der Waals surface area (Å²) < 4.78 is 11.5. The van der Waals surface area contributed by atoms with E-state index in [1.165, 1.54) is 11.1 Å². The summed E-state index contributed by atoms with van der Waals surface area (Å²) in [6, 6.07) is 12.6. The molecule has 0 aromatic heterocycles. The van der Waals surface area contributed by atoms with E-state index in [9.17, 15) is 0 Å². The molecule has 0 fully saturated rings. The number of benzene rings is 2. The van der Waals surface area contributed by atoms with Crippen LogP contribution in [0.15, 0.2) is 46.4 Å². The van der Waals surface area contributed by atoms with Crippen LogP contribution in [-0.2, 0) is 9.47 Å². The summed E-state index contributed by atoms with van der Waals surface area (Å²) in [4.78, 5) is 9.93. The van der Waals surface area contributed by atoms with Crippen LogP contribution >= 0.6 is 0 Å². The minimum absolute atomic E-state index is 0.377. The van der Waals surface area contributed by atoms with Crippen LogP contribution in [0.5, 0.6) is 0 Å². The SMILES string of the molecule is COC(NC(OC)C(C)=Nc1c(C(C)C)cccc1C(C)C)C(C)=Nc1c(C)cccc1C. The van der Waals surface area contributed by atoms with E-state index in [1.54, 1.807) is 14.2 Å². The van der Waals surface area contributed by atoms with Gasteiger partial charge in [0.25, 0.3) is 0 Å².